The first kappa shape index (κ1) is 19.5. The number of aryl methyl sites for hydroxylation is 1. The van der Waals surface area contributed by atoms with Gasteiger partial charge in [-0.15, -0.1) is 0 Å². The lowest BCUT2D eigenvalue weighted by molar-refractivity contribution is 0.0730. The van der Waals surface area contributed by atoms with Gasteiger partial charge in [0.05, 0.1) is 18.1 Å². The molecule has 0 aliphatic carbocycles. The summed E-state index contributed by atoms with van der Waals surface area (Å²) in [5.41, 5.74) is 2.92. The average Bonchev–Trinajstić information content (AvgIpc) is 3.23. The van der Waals surface area contributed by atoms with Gasteiger partial charge < -0.3 is 9.26 Å². The average molecular weight is 411 g/mol. The van der Waals surface area contributed by atoms with Crippen molar-refractivity contribution in [1.82, 2.24) is 14.4 Å². The van der Waals surface area contributed by atoms with E-state index in [0.717, 1.165) is 5.56 Å². The van der Waals surface area contributed by atoms with Gasteiger partial charge in [-0.1, -0.05) is 35.0 Å². The standard InChI is InChI=1S/C21H21N3O4S/c1-16-2-4-17(5-3-16)6-11-20-22-21(23-28-20)18-7-9-19(10-8-18)29(25,26)24-12-14-27-15-13-24/h2-11H,12-15H2,1H3. The SMILES string of the molecule is Cc1ccc(C=Cc2nc(-c3ccc(S(=O)(=O)N4CCOCC4)cc3)no2)cc1. The molecule has 0 radical (unpaired) electrons. The minimum atomic E-state index is -3.52. The van der Waals surface area contributed by atoms with Crippen molar-refractivity contribution in [3.05, 3.63) is 65.5 Å². The fraction of sp³-hybridized carbons (Fsp3) is 0.238. The number of rotatable bonds is 5. The van der Waals surface area contributed by atoms with Crippen molar-refractivity contribution in [2.75, 3.05) is 26.3 Å². The van der Waals surface area contributed by atoms with Crippen LogP contribution in [0.4, 0.5) is 0 Å². The molecule has 1 aliphatic rings. The zero-order valence-electron chi connectivity index (χ0n) is 16.0. The third-order valence-electron chi connectivity index (χ3n) is 4.66. The van der Waals surface area contributed by atoms with E-state index in [1.54, 1.807) is 30.3 Å². The van der Waals surface area contributed by atoms with E-state index >= 15 is 0 Å². The predicted molar refractivity (Wildman–Crippen MR) is 109 cm³/mol. The summed E-state index contributed by atoms with van der Waals surface area (Å²) in [6.07, 6.45) is 3.65. The van der Waals surface area contributed by atoms with E-state index in [-0.39, 0.29) is 4.90 Å². The molecule has 1 saturated heterocycles. The number of morpholine rings is 1. The molecule has 4 rings (SSSR count). The van der Waals surface area contributed by atoms with Crippen molar-refractivity contribution in [2.24, 2.45) is 0 Å². The molecule has 1 aromatic heterocycles. The summed E-state index contributed by atoms with van der Waals surface area (Å²) < 4.78 is 37.3. The van der Waals surface area contributed by atoms with Gasteiger partial charge in [0.25, 0.3) is 5.89 Å². The molecule has 7 nitrogen and oxygen atoms in total. The zero-order chi connectivity index (χ0) is 20.3. The van der Waals surface area contributed by atoms with E-state index in [1.165, 1.54) is 9.87 Å². The van der Waals surface area contributed by atoms with Gasteiger partial charge in [0.1, 0.15) is 0 Å². The van der Waals surface area contributed by atoms with Crippen molar-refractivity contribution in [3.63, 3.8) is 0 Å². The van der Waals surface area contributed by atoms with Crippen LogP contribution in [0.3, 0.4) is 0 Å². The lowest BCUT2D eigenvalue weighted by Gasteiger charge is -2.26. The molecular weight excluding hydrogens is 390 g/mol. The summed E-state index contributed by atoms with van der Waals surface area (Å²) in [4.78, 5) is 4.60. The van der Waals surface area contributed by atoms with Crippen LogP contribution < -0.4 is 0 Å². The van der Waals surface area contributed by atoms with Crippen LogP contribution in [-0.2, 0) is 14.8 Å². The van der Waals surface area contributed by atoms with Crippen molar-refractivity contribution >= 4 is 22.2 Å². The van der Waals surface area contributed by atoms with Crippen molar-refractivity contribution in [3.8, 4) is 11.4 Å². The summed E-state index contributed by atoms with van der Waals surface area (Å²) in [5.74, 6) is 0.787. The molecule has 0 N–H and O–H groups in total. The van der Waals surface area contributed by atoms with Crippen molar-refractivity contribution in [1.29, 1.82) is 0 Å². The minimum absolute atomic E-state index is 0.242. The number of aromatic nitrogens is 2. The second kappa shape index (κ2) is 8.28. The molecule has 0 amide bonds. The molecule has 2 heterocycles. The van der Waals surface area contributed by atoms with E-state index in [0.29, 0.717) is 43.6 Å². The van der Waals surface area contributed by atoms with Crippen LogP contribution in [0, 0.1) is 6.92 Å². The highest BCUT2D eigenvalue weighted by atomic mass is 32.2. The van der Waals surface area contributed by atoms with Crippen molar-refractivity contribution in [2.45, 2.75) is 11.8 Å². The normalized spacial score (nSPS) is 15.8. The molecule has 0 saturated carbocycles. The lowest BCUT2D eigenvalue weighted by atomic mass is 10.1. The fourth-order valence-corrected chi connectivity index (χ4v) is 4.39. The van der Waals surface area contributed by atoms with Crippen LogP contribution in [0.2, 0.25) is 0 Å². The molecule has 0 bridgehead atoms. The quantitative estimate of drug-likeness (QED) is 0.641. The maximum atomic E-state index is 12.7. The maximum Gasteiger partial charge on any atom is 0.250 e. The molecule has 0 atom stereocenters. The van der Waals surface area contributed by atoms with Gasteiger partial charge in [0, 0.05) is 24.7 Å². The summed E-state index contributed by atoms with van der Waals surface area (Å²) in [7, 11) is -3.52. The third-order valence-corrected chi connectivity index (χ3v) is 6.57. The van der Waals surface area contributed by atoms with Crippen molar-refractivity contribution < 1.29 is 17.7 Å². The Hall–Kier alpha value is -2.81. The zero-order valence-corrected chi connectivity index (χ0v) is 16.8. The van der Waals surface area contributed by atoms with E-state index < -0.39 is 10.0 Å². The largest absolute Gasteiger partial charge is 0.379 e. The Bertz CT molecular complexity index is 1100. The van der Waals surface area contributed by atoms with E-state index in [4.69, 9.17) is 9.26 Å². The first-order valence-corrected chi connectivity index (χ1v) is 10.7. The lowest BCUT2D eigenvalue weighted by Crippen LogP contribution is -2.40. The number of sulfonamides is 1. The number of hydrogen-bond acceptors (Lipinski definition) is 6. The fourth-order valence-electron chi connectivity index (χ4n) is 2.98. The topological polar surface area (TPSA) is 85.5 Å². The summed E-state index contributed by atoms with van der Waals surface area (Å²) >= 11 is 0. The Morgan fingerprint density at radius 3 is 2.34 bits per heavy atom. The number of ether oxygens (including phenoxy) is 1. The Kier molecular flexibility index (Phi) is 5.57. The molecular formula is C21H21N3O4S. The number of nitrogens with zero attached hydrogens (tertiary/aromatic N) is 3. The van der Waals surface area contributed by atoms with Crippen LogP contribution in [0.5, 0.6) is 0 Å². The summed E-state index contributed by atoms with van der Waals surface area (Å²) in [5, 5.41) is 3.98. The van der Waals surface area contributed by atoms with Gasteiger partial charge in [-0.2, -0.15) is 9.29 Å². The van der Waals surface area contributed by atoms with Gasteiger partial charge in [-0.25, -0.2) is 8.42 Å². The Morgan fingerprint density at radius 2 is 1.66 bits per heavy atom. The third kappa shape index (κ3) is 4.45. The van der Waals surface area contributed by atoms with Crippen LogP contribution >= 0.6 is 0 Å². The second-order valence-electron chi connectivity index (χ2n) is 6.74. The Balaban J connectivity index is 1.49. The Morgan fingerprint density at radius 1 is 0.966 bits per heavy atom. The van der Waals surface area contributed by atoms with E-state index in [1.807, 2.05) is 37.3 Å². The molecule has 3 aromatic rings. The van der Waals surface area contributed by atoms with E-state index in [9.17, 15) is 8.42 Å². The minimum Gasteiger partial charge on any atom is -0.379 e. The highest BCUT2D eigenvalue weighted by molar-refractivity contribution is 7.89. The first-order chi connectivity index (χ1) is 14.0. The number of benzene rings is 2. The molecule has 1 aliphatic heterocycles. The van der Waals surface area contributed by atoms with Gasteiger partial charge in [0.15, 0.2) is 0 Å². The van der Waals surface area contributed by atoms with Gasteiger partial charge in [-0.3, -0.25) is 0 Å². The van der Waals surface area contributed by atoms with Gasteiger partial charge in [0.2, 0.25) is 15.8 Å². The molecule has 0 unspecified atom stereocenters. The predicted octanol–water partition coefficient (Wildman–Crippen LogP) is 3.24. The highest BCUT2D eigenvalue weighted by Crippen LogP contribution is 2.22. The molecule has 29 heavy (non-hydrogen) atoms. The summed E-state index contributed by atoms with van der Waals surface area (Å²) in [6, 6.07) is 14.6. The molecule has 0 spiro atoms. The molecule has 2 aromatic carbocycles. The van der Waals surface area contributed by atoms with Crippen LogP contribution in [0.1, 0.15) is 17.0 Å². The van der Waals surface area contributed by atoms with Crippen LogP contribution in [0.15, 0.2) is 57.9 Å². The van der Waals surface area contributed by atoms with Gasteiger partial charge in [-0.05, 0) is 42.8 Å². The monoisotopic (exact) mass is 411 g/mol. The highest BCUT2D eigenvalue weighted by Gasteiger charge is 2.26. The molecule has 150 valence electrons. The summed E-state index contributed by atoms with van der Waals surface area (Å²) in [6.45, 7) is 3.60. The molecule has 8 heteroatoms. The van der Waals surface area contributed by atoms with Crippen LogP contribution in [-0.4, -0.2) is 49.2 Å². The smallest absolute Gasteiger partial charge is 0.250 e. The molecule has 1 fully saturated rings. The van der Waals surface area contributed by atoms with Crippen LogP contribution in [0.25, 0.3) is 23.5 Å². The number of hydrogen-bond donors (Lipinski definition) is 0. The first-order valence-electron chi connectivity index (χ1n) is 9.29. The maximum absolute atomic E-state index is 12.7. The Labute approximate surface area is 169 Å². The van der Waals surface area contributed by atoms with E-state index in [2.05, 4.69) is 10.1 Å². The second-order valence-corrected chi connectivity index (χ2v) is 8.68. The van der Waals surface area contributed by atoms with Gasteiger partial charge >= 0.3 is 0 Å².